The maximum Gasteiger partial charge on any atom is 0.183 e. The van der Waals surface area contributed by atoms with Crippen LogP contribution >= 0.6 is 11.6 Å². The summed E-state index contributed by atoms with van der Waals surface area (Å²) in [5.41, 5.74) is 1.10. The van der Waals surface area contributed by atoms with E-state index in [-0.39, 0.29) is 10.8 Å². The number of ether oxygens (including phenoxy) is 6. The molecular formula is C33H39ClO7. The molecule has 2 fully saturated rings. The predicted molar refractivity (Wildman–Crippen MR) is 156 cm³/mol. The normalized spacial score (nSPS) is 19.6. The average molecular weight is 583 g/mol. The van der Waals surface area contributed by atoms with Crippen molar-refractivity contribution < 1.29 is 33.5 Å². The van der Waals surface area contributed by atoms with Crippen LogP contribution in [0.15, 0.2) is 60.7 Å². The molecule has 0 aliphatic carbocycles. The molecule has 0 amide bonds. The lowest BCUT2D eigenvalue weighted by molar-refractivity contribution is -0.226. The second kappa shape index (κ2) is 11.6. The van der Waals surface area contributed by atoms with Crippen LogP contribution in [0.1, 0.15) is 68.1 Å². The first-order valence-corrected chi connectivity index (χ1v) is 14.2. The van der Waals surface area contributed by atoms with Crippen molar-refractivity contribution in [2.45, 2.75) is 45.9 Å². The fraction of sp³-hybridized carbons (Fsp3) is 0.455. The fourth-order valence-corrected chi connectivity index (χ4v) is 5.44. The molecule has 0 spiro atoms. The van der Waals surface area contributed by atoms with Gasteiger partial charge in [-0.05, 0) is 42.0 Å². The molecule has 0 radical (unpaired) electrons. The van der Waals surface area contributed by atoms with Gasteiger partial charge in [0.05, 0.1) is 40.6 Å². The van der Waals surface area contributed by atoms with Crippen molar-refractivity contribution in [2.24, 2.45) is 10.8 Å². The maximum absolute atomic E-state index is 13.0. The van der Waals surface area contributed by atoms with Crippen molar-refractivity contribution in [1.29, 1.82) is 0 Å². The number of aliphatic hydroxyl groups is 1. The number of methoxy groups -OCH3 is 2. The Bertz CT molecular complexity index is 1290. The summed E-state index contributed by atoms with van der Waals surface area (Å²) >= 11 is 6.48. The second-order valence-electron chi connectivity index (χ2n) is 12.4. The highest BCUT2D eigenvalue weighted by molar-refractivity contribution is 6.30. The average Bonchev–Trinajstić information content (AvgIpc) is 2.96. The molecule has 2 heterocycles. The van der Waals surface area contributed by atoms with Crippen LogP contribution in [0, 0.1) is 10.8 Å². The largest absolute Gasteiger partial charge is 0.496 e. The quantitative estimate of drug-likeness (QED) is 0.308. The minimum Gasteiger partial charge on any atom is -0.496 e. The Kier molecular flexibility index (Phi) is 8.41. The Labute approximate surface area is 247 Å². The van der Waals surface area contributed by atoms with Gasteiger partial charge in [0.25, 0.3) is 0 Å². The Morgan fingerprint density at radius 3 is 1.54 bits per heavy atom. The van der Waals surface area contributed by atoms with Gasteiger partial charge < -0.3 is 33.5 Å². The molecule has 2 saturated heterocycles. The summed E-state index contributed by atoms with van der Waals surface area (Å²) in [4.78, 5) is 0. The molecule has 2 aliphatic rings. The molecule has 3 aromatic carbocycles. The summed E-state index contributed by atoms with van der Waals surface area (Å²) in [6, 6.07) is 18.3. The van der Waals surface area contributed by atoms with E-state index in [1.54, 1.807) is 32.4 Å². The van der Waals surface area contributed by atoms with Gasteiger partial charge in [0.1, 0.15) is 17.1 Å². The molecule has 1 N–H and O–H groups in total. The van der Waals surface area contributed by atoms with Crippen LogP contribution in [0.25, 0.3) is 0 Å². The zero-order valence-electron chi connectivity index (χ0n) is 24.5. The molecule has 8 heteroatoms. The van der Waals surface area contributed by atoms with Crippen LogP contribution in [-0.4, -0.2) is 45.8 Å². The summed E-state index contributed by atoms with van der Waals surface area (Å²) < 4.78 is 36.0. The highest BCUT2D eigenvalue weighted by Gasteiger charge is 2.41. The van der Waals surface area contributed by atoms with Crippen molar-refractivity contribution in [2.75, 3.05) is 40.6 Å². The molecule has 0 unspecified atom stereocenters. The molecule has 2 aliphatic heterocycles. The maximum atomic E-state index is 13.0. The van der Waals surface area contributed by atoms with E-state index < -0.39 is 18.2 Å². The van der Waals surface area contributed by atoms with Gasteiger partial charge in [-0.3, -0.25) is 0 Å². The molecular weight excluding hydrogens is 544 g/mol. The van der Waals surface area contributed by atoms with Gasteiger partial charge in [-0.15, -0.1) is 0 Å². The number of rotatable bonds is 7. The third-order valence-corrected chi connectivity index (χ3v) is 7.75. The van der Waals surface area contributed by atoms with Gasteiger partial charge in [0.15, 0.2) is 12.6 Å². The van der Waals surface area contributed by atoms with Crippen LogP contribution in [0.2, 0.25) is 5.02 Å². The van der Waals surface area contributed by atoms with E-state index in [1.165, 1.54) is 0 Å². The van der Waals surface area contributed by atoms with E-state index in [1.807, 2.05) is 42.5 Å². The summed E-state index contributed by atoms with van der Waals surface area (Å²) in [7, 11) is 3.15. The SMILES string of the molecule is COc1ccc(C2OCC(C)(C)CO2)cc1C(O)(c1cccc(Cl)c1)c1cc(C2OCC(C)(C)CO2)ccc1OC. The van der Waals surface area contributed by atoms with Crippen molar-refractivity contribution in [3.8, 4) is 11.5 Å². The van der Waals surface area contributed by atoms with Crippen LogP contribution in [0.3, 0.4) is 0 Å². The van der Waals surface area contributed by atoms with Crippen molar-refractivity contribution in [3.05, 3.63) is 93.5 Å². The number of halogens is 1. The second-order valence-corrected chi connectivity index (χ2v) is 12.8. The molecule has 0 bridgehead atoms. The molecule has 5 rings (SSSR count). The summed E-state index contributed by atoms with van der Waals surface area (Å²) in [5, 5.41) is 13.5. The topological polar surface area (TPSA) is 75.6 Å². The lowest BCUT2D eigenvalue weighted by Crippen LogP contribution is -2.35. The monoisotopic (exact) mass is 582 g/mol. The Balaban J connectivity index is 1.68. The Hall–Kier alpha value is -2.65. The molecule has 7 nitrogen and oxygen atoms in total. The van der Waals surface area contributed by atoms with E-state index in [9.17, 15) is 5.11 Å². The van der Waals surface area contributed by atoms with Crippen LogP contribution in [0.5, 0.6) is 11.5 Å². The fourth-order valence-electron chi connectivity index (χ4n) is 5.25. The van der Waals surface area contributed by atoms with Gasteiger partial charge in [-0.1, -0.05) is 63.6 Å². The first-order chi connectivity index (χ1) is 19.5. The van der Waals surface area contributed by atoms with Crippen molar-refractivity contribution in [3.63, 3.8) is 0 Å². The Morgan fingerprint density at radius 1 is 0.707 bits per heavy atom. The van der Waals surface area contributed by atoms with Crippen LogP contribution in [0.4, 0.5) is 0 Å². The zero-order chi connectivity index (χ0) is 29.4. The lowest BCUT2D eigenvalue weighted by Gasteiger charge is -2.37. The van der Waals surface area contributed by atoms with Gasteiger partial charge >= 0.3 is 0 Å². The standard InChI is InChI=1S/C33H39ClO7/c1-31(2)17-38-29(39-18-31)21-10-12-27(36-5)25(14-21)33(35,23-8-7-9-24(34)16-23)26-15-22(11-13-28(26)37-6)30-40-19-32(3,4)20-41-30/h7-16,29-30,35H,17-20H2,1-6H3. The Morgan fingerprint density at radius 2 is 1.15 bits per heavy atom. The zero-order valence-corrected chi connectivity index (χ0v) is 25.3. The lowest BCUT2D eigenvalue weighted by atomic mass is 9.78. The highest BCUT2D eigenvalue weighted by Crippen LogP contribution is 2.47. The molecule has 0 aromatic heterocycles. The van der Waals surface area contributed by atoms with E-state index in [0.717, 1.165) is 11.1 Å². The minimum atomic E-state index is -1.75. The van der Waals surface area contributed by atoms with Crippen LogP contribution in [-0.2, 0) is 24.5 Å². The van der Waals surface area contributed by atoms with E-state index in [2.05, 4.69) is 27.7 Å². The minimum absolute atomic E-state index is 0.0837. The summed E-state index contributed by atoms with van der Waals surface area (Å²) in [6.45, 7) is 10.6. The molecule has 3 aromatic rings. The van der Waals surface area contributed by atoms with Gasteiger partial charge in [-0.2, -0.15) is 0 Å². The van der Waals surface area contributed by atoms with E-state index in [4.69, 9.17) is 40.0 Å². The number of hydrogen-bond acceptors (Lipinski definition) is 7. The number of benzene rings is 3. The van der Waals surface area contributed by atoms with E-state index in [0.29, 0.717) is 59.6 Å². The molecule has 0 atom stereocenters. The van der Waals surface area contributed by atoms with E-state index >= 15 is 0 Å². The molecule has 41 heavy (non-hydrogen) atoms. The summed E-state index contributed by atoms with van der Waals surface area (Å²) in [6.07, 6.45) is -1.17. The first kappa shape index (κ1) is 29.8. The van der Waals surface area contributed by atoms with Gasteiger partial charge in [-0.25, -0.2) is 0 Å². The first-order valence-electron chi connectivity index (χ1n) is 13.8. The smallest absolute Gasteiger partial charge is 0.183 e. The van der Waals surface area contributed by atoms with Crippen LogP contribution < -0.4 is 9.47 Å². The third-order valence-electron chi connectivity index (χ3n) is 7.52. The predicted octanol–water partition coefficient (Wildman–Crippen LogP) is 6.78. The number of hydrogen-bond donors (Lipinski definition) is 1. The highest BCUT2D eigenvalue weighted by atomic mass is 35.5. The van der Waals surface area contributed by atoms with Crippen molar-refractivity contribution >= 4 is 11.6 Å². The van der Waals surface area contributed by atoms with Gasteiger partial charge in [0, 0.05) is 38.1 Å². The van der Waals surface area contributed by atoms with Gasteiger partial charge in [0.2, 0.25) is 0 Å². The third kappa shape index (κ3) is 6.12. The molecule has 0 saturated carbocycles. The van der Waals surface area contributed by atoms with Crippen molar-refractivity contribution in [1.82, 2.24) is 0 Å². The summed E-state index contributed by atoms with van der Waals surface area (Å²) in [5.74, 6) is 0.957. The molecule has 220 valence electrons.